The number of nitrogens with zero attached hydrogens (tertiary/aromatic N) is 4. The Morgan fingerprint density at radius 2 is 2.33 bits per heavy atom. The maximum atomic E-state index is 5.28. The molecule has 0 spiro atoms. The second kappa shape index (κ2) is 4.51. The Balaban J connectivity index is 2.05. The van der Waals surface area contributed by atoms with E-state index in [4.69, 9.17) is 12.2 Å². The van der Waals surface area contributed by atoms with Crippen molar-refractivity contribution in [3.05, 3.63) is 40.2 Å². The summed E-state index contributed by atoms with van der Waals surface area (Å²) in [5.74, 6) is 0.871. The molecule has 3 aromatic heterocycles. The van der Waals surface area contributed by atoms with Crippen LogP contribution in [0.4, 0.5) is 0 Å². The van der Waals surface area contributed by atoms with Crippen LogP contribution in [-0.4, -0.2) is 24.5 Å². The Bertz CT molecular complexity index is 704. The Labute approximate surface area is 113 Å². The standard InChI is InChI=1S/C11H11N5S2/c1-15-8(4-5-12-15)7-16-10(13-14-11(16)17)9-3-2-6-18-9/h2-6H,7H2,1H3,(H,14,17). The van der Waals surface area contributed by atoms with E-state index in [1.807, 2.05) is 39.9 Å². The average molecular weight is 277 g/mol. The summed E-state index contributed by atoms with van der Waals surface area (Å²) >= 11 is 6.93. The molecule has 5 nitrogen and oxygen atoms in total. The molecular weight excluding hydrogens is 266 g/mol. The minimum Gasteiger partial charge on any atom is -0.293 e. The van der Waals surface area contributed by atoms with Crippen LogP contribution in [0.1, 0.15) is 5.69 Å². The maximum Gasteiger partial charge on any atom is 0.195 e. The zero-order chi connectivity index (χ0) is 12.5. The van der Waals surface area contributed by atoms with Gasteiger partial charge in [0.15, 0.2) is 10.6 Å². The first-order valence-electron chi connectivity index (χ1n) is 5.41. The predicted octanol–water partition coefficient (Wildman–Crippen LogP) is 2.45. The third kappa shape index (κ3) is 1.91. The molecule has 0 aromatic carbocycles. The van der Waals surface area contributed by atoms with Gasteiger partial charge in [-0.3, -0.25) is 14.3 Å². The van der Waals surface area contributed by atoms with Gasteiger partial charge in [0.05, 0.1) is 17.1 Å². The molecule has 3 rings (SSSR count). The maximum absolute atomic E-state index is 5.28. The van der Waals surface area contributed by atoms with Crippen LogP contribution in [0.25, 0.3) is 10.7 Å². The van der Waals surface area contributed by atoms with Gasteiger partial charge in [0.25, 0.3) is 0 Å². The molecule has 0 unspecified atom stereocenters. The number of hydrogen-bond donors (Lipinski definition) is 1. The number of hydrogen-bond acceptors (Lipinski definition) is 4. The lowest BCUT2D eigenvalue weighted by Crippen LogP contribution is -2.06. The highest BCUT2D eigenvalue weighted by Gasteiger charge is 2.11. The second-order valence-electron chi connectivity index (χ2n) is 3.86. The molecule has 3 heterocycles. The summed E-state index contributed by atoms with van der Waals surface area (Å²) in [6.07, 6.45) is 1.78. The smallest absolute Gasteiger partial charge is 0.195 e. The minimum absolute atomic E-state index is 0.625. The number of rotatable bonds is 3. The van der Waals surface area contributed by atoms with Gasteiger partial charge in [0.2, 0.25) is 0 Å². The highest BCUT2D eigenvalue weighted by molar-refractivity contribution is 7.71. The van der Waals surface area contributed by atoms with Gasteiger partial charge in [-0.05, 0) is 29.7 Å². The average Bonchev–Trinajstić information content (AvgIpc) is 3.04. The van der Waals surface area contributed by atoms with Gasteiger partial charge in [-0.15, -0.1) is 11.3 Å². The Morgan fingerprint density at radius 1 is 1.44 bits per heavy atom. The summed E-state index contributed by atoms with van der Waals surface area (Å²) in [5, 5.41) is 13.3. The minimum atomic E-state index is 0.625. The lowest BCUT2D eigenvalue weighted by molar-refractivity contribution is 0.665. The van der Waals surface area contributed by atoms with Crippen LogP contribution in [-0.2, 0) is 13.6 Å². The largest absolute Gasteiger partial charge is 0.293 e. The molecule has 0 radical (unpaired) electrons. The third-order valence-electron chi connectivity index (χ3n) is 2.74. The monoisotopic (exact) mass is 277 g/mol. The Kier molecular flexibility index (Phi) is 2.85. The van der Waals surface area contributed by atoms with Crippen molar-refractivity contribution in [3.63, 3.8) is 0 Å². The fourth-order valence-electron chi connectivity index (χ4n) is 1.78. The fraction of sp³-hybridized carbons (Fsp3) is 0.182. The summed E-state index contributed by atoms with van der Waals surface area (Å²) in [7, 11) is 1.92. The van der Waals surface area contributed by atoms with Crippen LogP contribution in [0.3, 0.4) is 0 Å². The fourth-order valence-corrected chi connectivity index (χ4v) is 2.70. The molecule has 3 aromatic rings. The summed E-state index contributed by atoms with van der Waals surface area (Å²) < 4.78 is 4.45. The molecule has 0 bridgehead atoms. The van der Waals surface area contributed by atoms with Crippen molar-refractivity contribution >= 4 is 23.6 Å². The zero-order valence-corrected chi connectivity index (χ0v) is 11.3. The van der Waals surface area contributed by atoms with Crippen molar-refractivity contribution in [3.8, 4) is 10.7 Å². The van der Waals surface area contributed by atoms with E-state index in [1.165, 1.54) is 0 Å². The van der Waals surface area contributed by atoms with Crippen LogP contribution >= 0.6 is 23.6 Å². The third-order valence-corrected chi connectivity index (χ3v) is 3.92. The van der Waals surface area contributed by atoms with Crippen LogP contribution < -0.4 is 0 Å². The van der Waals surface area contributed by atoms with Crippen LogP contribution in [0, 0.1) is 4.77 Å². The summed E-state index contributed by atoms with van der Waals surface area (Å²) in [6.45, 7) is 0.666. The summed E-state index contributed by atoms with van der Waals surface area (Å²) in [4.78, 5) is 1.10. The summed E-state index contributed by atoms with van der Waals surface area (Å²) in [5.41, 5.74) is 1.09. The molecule has 7 heteroatoms. The van der Waals surface area contributed by atoms with Gasteiger partial charge in [-0.25, -0.2) is 0 Å². The van der Waals surface area contributed by atoms with Crippen LogP contribution in [0.15, 0.2) is 29.8 Å². The zero-order valence-electron chi connectivity index (χ0n) is 9.70. The van der Waals surface area contributed by atoms with Crippen molar-refractivity contribution in [1.82, 2.24) is 24.5 Å². The topological polar surface area (TPSA) is 51.4 Å². The van der Waals surface area contributed by atoms with Crippen molar-refractivity contribution in [2.24, 2.45) is 7.05 Å². The number of thiophene rings is 1. The molecule has 0 aliphatic heterocycles. The molecule has 0 aliphatic carbocycles. The van der Waals surface area contributed by atoms with Gasteiger partial charge < -0.3 is 0 Å². The first-order valence-corrected chi connectivity index (χ1v) is 6.70. The number of aryl methyl sites for hydroxylation is 1. The summed E-state index contributed by atoms with van der Waals surface area (Å²) in [6, 6.07) is 6.02. The van der Waals surface area contributed by atoms with Crippen molar-refractivity contribution in [2.45, 2.75) is 6.54 Å². The Morgan fingerprint density at radius 3 is 3.00 bits per heavy atom. The molecule has 0 saturated heterocycles. The molecule has 92 valence electrons. The highest BCUT2D eigenvalue weighted by Crippen LogP contribution is 2.23. The quantitative estimate of drug-likeness (QED) is 0.748. The van der Waals surface area contributed by atoms with E-state index in [0.29, 0.717) is 11.3 Å². The predicted molar refractivity (Wildman–Crippen MR) is 73.0 cm³/mol. The van der Waals surface area contributed by atoms with E-state index in [1.54, 1.807) is 17.5 Å². The lowest BCUT2D eigenvalue weighted by Gasteiger charge is -2.05. The first-order chi connectivity index (χ1) is 8.75. The van der Waals surface area contributed by atoms with Gasteiger partial charge in [0.1, 0.15) is 0 Å². The molecular formula is C11H11N5S2. The van der Waals surface area contributed by atoms with Gasteiger partial charge in [0, 0.05) is 13.2 Å². The number of nitrogens with one attached hydrogen (secondary N) is 1. The van der Waals surface area contributed by atoms with Gasteiger partial charge in [-0.1, -0.05) is 6.07 Å². The van der Waals surface area contributed by atoms with Crippen molar-refractivity contribution in [2.75, 3.05) is 0 Å². The van der Waals surface area contributed by atoms with E-state index in [9.17, 15) is 0 Å². The molecule has 1 N–H and O–H groups in total. The van der Waals surface area contributed by atoms with Crippen LogP contribution in [0.5, 0.6) is 0 Å². The molecule has 18 heavy (non-hydrogen) atoms. The van der Waals surface area contributed by atoms with E-state index in [0.717, 1.165) is 16.4 Å². The molecule has 0 fully saturated rings. The second-order valence-corrected chi connectivity index (χ2v) is 5.20. The van der Waals surface area contributed by atoms with E-state index in [2.05, 4.69) is 15.3 Å². The van der Waals surface area contributed by atoms with Crippen molar-refractivity contribution < 1.29 is 0 Å². The van der Waals surface area contributed by atoms with E-state index < -0.39 is 0 Å². The SMILES string of the molecule is Cn1nccc1Cn1c(-c2cccs2)n[nH]c1=S. The van der Waals surface area contributed by atoms with Gasteiger partial charge in [-0.2, -0.15) is 10.2 Å². The normalized spacial score (nSPS) is 10.9. The van der Waals surface area contributed by atoms with Gasteiger partial charge >= 0.3 is 0 Å². The molecule has 0 saturated carbocycles. The molecule has 0 amide bonds. The lowest BCUT2D eigenvalue weighted by atomic mass is 10.4. The van der Waals surface area contributed by atoms with Crippen LogP contribution in [0.2, 0.25) is 0 Å². The van der Waals surface area contributed by atoms with E-state index >= 15 is 0 Å². The first kappa shape index (κ1) is 11.4. The number of aromatic nitrogens is 5. The number of aromatic amines is 1. The van der Waals surface area contributed by atoms with E-state index in [-0.39, 0.29) is 0 Å². The highest BCUT2D eigenvalue weighted by atomic mass is 32.1. The molecule has 0 atom stereocenters. The molecule has 0 aliphatic rings. The van der Waals surface area contributed by atoms with Crippen molar-refractivity contribution in [1.29, 1.82) is 0 Å². The number of H-pyrrole nitrogens is 1. The Hall–Kier alpha value is -1.73.